The Hall–Kier alpha value is -0.863. The maximum absolute atomic E-state index is 8.56. The molecule has 6 nitrogen and oxygen atoms in total. The Kier molecular flexibility index (Phi) is 17.8. The minimum atomic E-state index is -1.83. The molecule has 0 heterocycles. The number of hydrogen-bond acceptors (Lipinski definition) is 2. The number of carbonyl (C=O) groups is 2. The van der Waals surface area contributed by atoms with Crippen molar-refractivity contribution in [1.29, 1.82) is 0 Å². The molecule has 0 aliphatic rings. The molecule has 0 saturated heterocycles. The van der Waals surface area contributed by atoms with Gasteiger partial charge in [0, 0.05) is 0 Å². The van der Waals surface area contributed by atoms with Gasteiger partial charge in [-0.25, -0.2) is 9.59 Å². The normalized spacial score (nSPS) is 5.33. The summed E-state index contributed by atoms with van der Waals surface area (Å²) >= 11 is 0. The molecule has 0 unspecified atom stereocenters. The molecule has 0 aromatic carbocycles. The Labute approximate surface area is 63.4 Å². The van der Waals surface area contributed by atoms with E-state index in [1.807, 2.05) is 0 Å². The zero-order valence-electron chi connectivity index (χ0n) is 5.61. The van der Waals surface area contributed by atoms with Crippen LogP contribution in [0.3, 0.4) is 0 Å². The molecule has 0 aromatic heterocycles. The first kappa shape index (κ1) is 15.7. The summed E-state index contributed by atoms with van der Waals surface area (Å²) in [7, 11) is 0. The van der Waals surface area contributed by atoms with Crippen LogP contribution in [0.5, 0.6) is 0 Å². The van der Waals surface area contributed by atoms with Crippen LogP contribution in [0, 0.1) is 0 Å². The minimum absolute atomic E-state index is 0. The van der Waals surface area contributed by atoms with Crippen LogP contribution in [-0.4, -0.2) is 32.7 Å². The van der Waals surface area contributed by atoms with Crippen molar-refractivity contribution in [2.45, 2.75) is 0 Å². The van der Waals surface area contributed by atoms with E-state index in [2.05, 4.69) is 0 Å². The van der Waals surface area contributed by atoms with E-state index in [0.29, 0.717) is 0 Å². The van der Waals surface area contributed by atoms with Gasteiger partial charge in [0.2, 0.25) is 0 Å². The molecular formula is C2H5LiO6. The maximum atomic E-state index is 8.56. The Morgan fingerprint density at radius 2 is 0.889 bits per heavy atom. The molecule has 0 radical (unpaired) electrons. The van der Waals surface area contributed by atoms with Crippen molar-refractivity contribution in [2.24, 2.45) is 0 Å². The molecule has 0 aliphatic carbocycles. The molecule has 50 valence electrons. The molecule has 0 bridgehead atoms. The molecule has 0 saturated carbocycles. The van der Waals surface area contributed by atoms with Gasteiger partial charge in [0.05, 0.1) is 0 Å². The second kappa shape index (κ2) is 10.2. The van der Waals surface area contributed by atoms with Gasteiger partial charge >= 0.3 is 31.2 Å². The molecule has 9 heavy (non-hydrogen) atoms. The van der Waals surface area contributed by atoms with Crippen molar-refractivity contribution in [2.75, 3.05) is 0 Å². The van der Waals surface area contributed by atoms with Crippen LogP contribution in [0.15, 0.2) is 0 Å². The van der Waals surface area contributed by atoms with Gasteiger partial charge in [-0.2, -0.15) is 0 Å². The van der Waals surface area contributed by atoms with E-state index in [9.17, 15) is 0 Å². The van der Waals surface area contributed by atoms with E-state index in [0.717, 1.165) is 0 Å². The molecule has 0 atom stereocenters. The van der Waals surface area contributed by atoms with Crippen molar-refractivity contribution >= 4 is 12.3 Å². The van der Waals surface area contributed by atoms with Gasteiger partial charge in [0.15, 0.2) is 0 Å². The average molecular weight is 132 g/mol. The smallest absolute Gasteiger partial charge is 1.00 e. The third-order valence-electron chi connectivity index (χ3n) is 0. The van der Waals surface area contributed by atoms with Gasteiger partial charge in [-0.1, -0.05) is 0 Å². The first-order valence-electron chi connectivity index (χ1n) is 1.30. The topological polar surface area (TPSA) is 115 Å². The van der Waals surface area contributed by atoms with Crippen LogP contribution in [0.1, 0.15) is 1.43 Å². The van der Waals surface area contributed by atoms with Gasteiger partial charge < -0.3 is 21.9 Å². The van der Waals surface area contributed by atoms with E-state index >= 15 is 0 Å². The molecule has 0 aliphatic heterocycles. The van der Waals surface area contributed by atoms with Crippen LogP contribution < -0.4 is 18.9 Å². The third-order valence-corrected chi connectivity index (χ3v) is 0. The predicted octanol–water partition coefficient (Wildman–Crippen LogP) is -2.44. The minimum Gasteiger partial charge on any atom is -1.00 e. The average Bonchev–Trinajstić information content (AvgIpc) is 1.25. The van der Waals surface area contributed by atoms with Crippen LogP contribution in [0.25, 0.3) is 0 Å². The molecule has 4 N–H and O–H groups in total. The fraction of sp³-hybridized carbons (Fsp3) is 0. The van der Waals surface area contributed by atoms with Crippen LogP contribution in [-0.2, 0) is 0 Å². The summed E-state index contributed by atoms with van der Waals surface area (Å²) in [5.41, 5.74) is 0. The zero-order chi connectivity index (χ0) is 7.15. The van der Waals surface area contributed by atoms with Gasteiger partial charge in [0.25, 0.3) is 0 Å². The van der Waals surface area contributed by atoms with E-state index in [-0.39, 0.29) is 20.3 Å². The molecule has 7 heteroatoms. The fourth-order valence-corrected chi connectivity index (χ4v) is 0. The zero-order valence-corrected chi connectivity index (χ0v) is 4.61. The monoisotopic (exact) mass is 132 g/mol. The standard InChI is InChI=1S/2CH2O3.Li.H/c2*2-1(3)4;;/h2*(H2,2,3,4);;/q;;+1;-1. The van der Waals surface area contributed by atoms with E-state index in [1.54, 1.807) is 0 Å². The summed E-state index contributed by atoms with van der Waals surface area (Å²) in [5.74, 6) is 0. The Balaban J connectivity index is -0.0000000300. The van der Waals surface area contributed by atoms with Crippen molar-refractivity contribution in [1.82, 2.24) is 0 Å². The van der Waals surface area contributed by atoms with Crippen molar-refractivity contribution in [3.63, 3.8) is 0 Å². The van der Waals surface area contributed by atoms with Crippen molar-refractivity contribution < 1.29 is 50.3 Å². The van der Waals surface area contributed by atoms with Gasteiger partial charge in [-0.05, 0) is 0 Å². The number of carboxylic acid groups (broad SMARTS) is 4. The van der Waals surface area contributed by atoms with Gasteiger partial charge in [-0.15, -0.1) is 0 Å². The summed E-state index contributed by atoms with van der Waals surface area (Å²) in [6.45, 7) is 0. The summed E-state index contributed by atoms with van der Waals surface area (Å²) < 4.78 is 0. The Morgan fingerprint density at radius 3 is 0.889 bits per heavy atom. The van der Waals surface area contributed by atoms with E-state index in [1.165, 1.54) is 0 Å². The molecule has 0 rings (SSSR count). The summed E-state index contributed by atoms with van der Waals surface area (Å²) in [6.07, 6.45) is -3.67. The van der Waals surface area contributed by atoms with Crippen LogP contribution >= 0.6 is 0 Å². The molecular weight excluding hydrogens is 127 g/mol. The third kappa shape index (κ3) is 253. The number of hydrogen-bond donors (Lipinski definition) is 4. The van der Waals surface area contributed by atoms with Gasteiger partial charge in [-0.3, -0.25) is 0 Å². The van der Waals surface area contributed by atoms with Crippen molar-refractivity contribution in [3.8, 4) is 0 Å². The van der Waals surface area contributed by atoms with E-state index in [4.69, 9.17) is 30.0 Å². The second-order valence-electron chi connectivity index (χ2n) is 0.565. The van der Waals surface area contributed by atoms with Gasteiger partial charge in [0.1, 0.15) is 0 Å². The number of rotatable bonds is 0. The SMILES string of the molecule is O=C(O)O.O=C(O)O.[H-].[Li+]. The summed E-state index contributed by atoms with van der Waals surface area (Å²) in [6, 6.07) is 0. The first-order valence-corrected chi connectivity index (χ1v) is 1.30. The predicted molar refractivity (Wildman–Crippen MR) is 22.4 cm³/mol. The second-order valence-corrected chi connectivity index (χ2v) is 0.565. The quantitative estimate of drug-likeness (QED) is 0.272. The van der Waals surface area contributed by atoms with Crippen molar-refractivity contribution in [3.05, 3.63) is 0 Å². The summed E-state index contributed by atoms with van der Waals surface area (Å²) in [5, 5.41) is 27.9. The summed E-state index contributed by atoms with van der Waals surface area (Å²) in [4.78, 5) is 17.1. The molecule has 0 aromatic rings. The van der Waals surface area contributed by atoms with Crippen LogP contribution in [0.2, 0.25) is 0 Å². The molecule has 0 spiro atoms. The van der Waals surface area contributed by atoms with E-state index < -0.39 is 12.3 Å². The first-order chi connectivity index (χ1) is 3.46. The molecule has 0 amide bonds. The fourth-order valence-electron chi connectivity index (χ4n) is 0. The Bertz CT molecular complexity index is 73.7. The molecule has 0 fully saturated rings. The largest absolute Gasteiger partial charge is 1.00 e. The Morgan fingerprint density at radius 1 is 0.889 bits per heavy atom. The maximum Gasteiger partial charge on any atom is 1.00 e. The van der Waals surface area contributed by atoms with Crippen LogP contribution in [0.4, 0.5) is 9.59 Å².